The Morgan fingerprint density at radius 1 is 1.30 bits per heavy atom. The number of carbonyl (C=O) groups is 1. The summed E-state index contributed by atoms with van der Waals surface area (Å²) in [7, 11) is 0. The number of benzene rings is 1. The predicted molar refractivity (Wildman–Crippen MR) is 104 cm³/mol. The maximum atomic E-state index is 12.6. The Labute approximate surface area is 163 Å². The quantitative estimate of drug-likeness (QED) is 0.706. The Morgan fingerprint density at radius 3 is 2.74 bits per heavy atom. The van der Waals surface area contributed by atoms with Gasteiger partial charge in [0.05, 0.1) is 6.04 Å². The van der Waals surface area contributed by atoms with E-state index in [9.17, 15) is 4.79 Å². The maximum Gasteiger partial charge on any atom is 0.252 e. The van der Waals surface area contributed by atoms with Gasteiger partial charge in [0, 0.05) is 22.8 Å². The lowest BCUT2D eigenvalue weighted by Gasteiger charge is -2.19. The van der Waals surface area contributed by atoms with E-state index in [2.05, 4.69) is 20.4 Å². The second-order valence-electron chi connectivity index (χ2n) is 7.17. The second kappa shape index (κ2) is 7.27. The van der Waals surface area contributed by atoms with Crippen molar-refractivity contribution >= 4 is 23.3 Å². The molecule has 1 fully saturated rings. The molecule has 140 valence electrons. The topological polar surface area (TPSA) is 72.2 Å². The molecule has 1 N–H and O–H groups in total. The van der Waals surface area contributed by atoms with Gasteiger partial charge in [0.25, 0.3) is 5.78 Å². The summed E-state index contributed by atoms with van der Waals surface area (Å²) in [6, 6.07) is 7.83. The van der Waals surface area contributed by atoms with Crippen LogP contribution in [-0.2, 0) is 11.2 Å². The monoisotopic (exact) mass is 383 g/mol. The van der Waals surface area contributed by atoms with E-state index in [-0.39, 0.29) is 11.9 Å². The molecule has 2 aromatic heterocycles. The van der Waals surface area contributed by atoms with Gasteiger partial charge in [0.15, 0.2) is 0 Å². The Morgan fingerprint density at radius 2 is 2.04 bits per heavy atom. The van der Waals surface area contributed by atoms with Crippen molar-refractivity contribution in [1.29, 1.82) is 0 Å². The number of fused-ring (bicyclic) bond motifs is 1. The highest BCUT2D eigenvalue weighted by Gasteiger charge is 2.33. The number of halogens is 1. The van der Waals surface area contributed by atoms with Gasteiger partial charge in [0.1, 0.15) is 6.33 Å². The molecule has 2 heterocycles. The maximum absolute atomic E-state index is 12.6. The van der Waals surface area contributed by atoms with Gasteiger partial charge in [-0.25, -0.2) is 9.50 Å². The third-order valence-corrected chi connectivity index (χ3v) is 5.48. The van der Waals surface area contributed by atoms with Crippen LogP contribution in [0.15, 0.2) is 30.6 Å². The number of hydrogen-bond acceptors (Lipinski definition) is 4. The molecule has 0 bridgehead atoms. The molecule has 0 radical (unpaired) electrons. The lowest BCUT2D eigenvalue weighted by atomic mass is 10.0. The summed E-state index contributed by atoms with van der Waals surface area (Å²) >= 11 is 5.99. The third kappa shape index (κ3) is 3.81. The molecule has 1 aliphatic rings. The number of nitrogens with zero attached hydrogens (tertiary/aromatic N) is 4. The van der Waals surface area contributed by atoms with Gasteiger partial charge >= 0.3 is 0 Å². The fourth-order valence-corrected chi connectivity index (χ4v) is 3.70. The summed E-state index contributed by atoms with van der Waals surface area (Å²) < 4.78 is 1.72. The van der Waals surface area contributed by atoms with Gasteiger partial charge in [-0.1, -0.05) is 23.7 Å². The van der Waals surface area contributed by atoms with E-state index < -0.39 is 0 Å². The number of rotatable bonds is 6. The minimum Gasteiger partial charge on any atom is -0.349 e. The molecular formula is C20H22ClN5O. The highest BCUT2D eigenvalue weighted by molar-refractivity contribution is 6.30. The van der Waals surface area contributed by atoms with Crippen LogP contribution < -0.4 is 5.32 Å². The number of hydrogen-bond donors (Lipinski definition) is 1. The summed E-state index contributed by atoms with van der Waals surface area (Å²) in [5.74, 6) is 1.17. The van der Waals surface area contributed by atoms with Crippen molar-refractivity contribution < 1.29 is 4.79 Å². The minimum absolute atomic E-state index is 0.0549. The molecular weight excluding hydrogens is 362 g/mol. The van der Waals surface area contributed by atoms with Crippen molar-refractivity contribution in [3.05, 3.63) is 58.1 Å². The average molecular weight is 384 g/mol. The van der Waals surface area contributed by atoms with Crippen LogP contribution in [0.25, 0.3) is 5.78 Å². The van der Waals surface area contributed by atoms with Gasteiger partial charge in [-0.2, -0.15) is 10.1 Å². The zero-order valence-electron chi connectivity index (χ0n) is 15.4. The summed E-state index contributed by atoms with van der Waals surface area (Å²) in [6.07, 6.45) is 4.85. The van der Waals surface area contributed by atoms with Crippen molar-refractivity contribution in [3.63, 3.8) is 0 Å². The van der Waals surface area contributed by atoms with Crippen LogP contribution in [0.1, 0.15) is 47.8 Å². The van der Waals surface area contributed by atoms with Gasteiger partial charge in [-0.3, -0.25) is 4.79 Å². The van der Waals surface area contributed by atoms with Crippen molar-refractivity contribution in [3.8, 4) is 0 Å². The molecule has 1 aromatic carbocycles. The summed E-state index contributed by atoms with van der Waals surface area (Å²) in [5.41, 5.74) is 4.06. The van der Waals surface area contributed by atoms with Crippen molar-refractivity contribution in [2.45, 2.75) is 45.6 Å². The van der Waals surface area contributed by atoms with E-state index in [4.69, 9.17) is 11.6 Å². The zero-order chi connectivity index (χ0) is 19.0. The van der Waals surface area contributed by atoms with Gasteiger partial charge in [-0.15, -0.1) is 0 Å². The summed E-state index contributed by atoms with van der Waals surface area (Å²) in [4.78, 5) is 21.3. The Balaban J connectivity index is 1.45. The largest absolute Gasteiger partial charge is 0.349 e. The molecule has 1 atom stereocenters. The molecule has 7 heteroatoms. The Hall–Kier alpha value is -2.47. The smallest absolute Gasteiger partial charge is 0.252 e. The molecule has 3 aromatic rings. The fraction of sp³-hybridized carbons (Fsp3) is 0.400. The second-order valence-corrected chi connectivity index (χ2v) is 7.60. The molecule has 4 rings (SSSR count). The molecule has 0 saturated heterocycles. The van der Waals surface area contributed by atoms with E-state index in [0.717, 1.165) is 35.4 Å². The van der Waals surface area contributed by atoms with E-state index in [1.165, 1.54) is 6.33 Å². The van der Waals surface area contributed by atoms with Gasteiger partial charge in [0.2, 0.25) is 5.91 Å². The van der Waals surface area contributed by atoms with Crippen LogP contribution in [0.3, 0.4) is 0 Å². The normalized spacial score (nSPS) is 15.1. The van der Waals surface area contributed by atoms with E-state index >= 15 is 0 Å². The molecule has 0 aliphatic heterocycles. The van der Waals surface area contributed by atoms with Crippen LogP contribution in [0.5, 0.6) is 0 Å². The third-order valence-electron chi connectivity index (χ3n) is 5.23. The first-order chi connectivity index (χ1) is 13.0. The van der Waals surface area contributed by atoms with Crippen molar-refractivity contribution in [1.82, 2.24) is 24.9 Å². The molecule has 1 amide bonds. The van der Waals surface area contributed by atoms with Crippen LogP contribution in [0.4, 0.5) is 0 Å². The predicted octanol–water partition coefficient (Wildman–Crippen LogP) is 3.59. The lowest BCUT2D eigenvalue weighted by molar-refractivity contribution is -0.122. The first-order valence-corrected chi connectivity index (χ1v) is 9.61. The number of aromatic nitrogens is 4. The van der Waals surface area contributed by atoms with Crippen LogP contribution in [0, 0.1) is 19.8 Å². The molecule has 1 aliphatic carbocycles. The van der Waals surface area contributed by atoms with E-state index in [1.807, 2.05) is 38.1 Å². The Bertz CT molecular complexity index is 978. The molecule has 0 spiro atoms. The lowest BCUT2D eigenvalue weighted by Crippen LogP contribution is -2.30. The van der Waals surface area contributed by atoms with E-state index in [1.54, 1.807) is 4.52 Å². The SMILES string of the molecule is Cc1nc2ncnn2c(C)c1CCC(=O)N[C@@H](c1ccc(Cl)cc1)C1CC1. The summed E-state index contributed by atoms with van der Waals surface area (Å²) in [6.45, 7) is 3.94. The fourth-order valence-electron chi connectivity index (χ4n) is 3.57. The number of aryl methyl sites for hydroxylation is 2. The first kappa shape index (κ1) is 17.9. The number of carbonyl (C=O) groups excluding carboxylic acids is 1. The molecule has 1 saturated carbocycles. The molecule has 27 heavy (non-hydrogen) atoms. The zero-order valence-corrected chi connectivity index (χ0v) is 16.2. The average Bonchev–Trinajstić information content (AvgIpc) is 3.38. The van der Waals surface area contributed by atoms with Crippen LogP contribution in [-0.4, -0.2) is 25.5 Å². The van der Waals surface area contributed by atoms with E-state index in [0.29, 0.717) is 29.6 Å². The number of nitrogens with one attached hydrogen (secondary N) is 1. The number of amides is 1. The van der Waals surface area contributed by atoms with Crippen molar-refractivity contribution in [2.75, 3.05) is 0 Å². The standard InChI is InChI=1S/C20H22ClN5O/c1-12-17(13(2)26-20(24-12)22-11-23-26)9-10-18(27)25-19(14-3-4-14)15-5-7-16(21)8-6-15/h5-8,11,14,19H,3-4,9-10H2,1-2H3,(H,25,27)/t19-/m1/s1. The highest BCUT2D eigenvalue weighted by atomic mass is 35.5. The van der Waals surface area contributed by atoms with Crippen molar-refractivity contribution in [2.24, 2.45) is 5.92 Å². The molecule has 6 nitrogen and oxygen atoms in total. The first-order valence-electron chi connectivity index (χ1n) is 9.23. The van der Waals surface area contributed by atoms with Gasteiger partial charge in [-0.05, 0) is 62.3 Å². The summed E-state index contributed by atoms with van der Waals surface area (Å²) in [5, 5.41) is 8.13. The van der Waals surface area contributed by atoms with Gasteiger partial charge < -0.3 is 5.32 Å². The van der Waals surface area contributed by atoms with Crippen LogP contribution in [0.2, 0.25) is 5.02 Å². The highest BCUT2D eigenvalue weighted by Crippen LogP contribution is 2.41. The minimum atomic E-state index is 0.0549. The Kier molecular flexibility index (Phi) is 4.83. The van der Waals surface area contributed by atoms with Crippen LogP contribution >= 0.6 is 11.6 Å². The molecule has 0 unspecified atom stereocenters.